The Bertz CT molecular complexity index is 153. The highest BCUT2D eigenvalue weighted by atomic mass is 16.3. The Morgan fingerprint density at radius 3 is 2.50 bits per heavy atom. The number of hydrogen-bond donors (Lipinski definition) is 1. The van der Waals surface area contributed by atoms with Gasteiger partial charge in [-0.15, -0.1) is 0 Å². The molecule has 2 aliphatic carbocycles. The van der Waals surface area contributed by atoms with Gasteiger partial charge in [-0.25, -0.2) is 0 Å². The zero-order valence-corrected chi connectivity index (χ0v) is 8.00. The van der Waals surface area contributed by atoms with Crippen LogP contribution in [0.5, 0.6) is 0 Å². The standard InChI is InChI=1S/C11H20O/c1-2-3-4-8-5-10-6-9(8)7-11(10)12/h8-12H,2-7H2,1H3/t8-,9+,10-,11-/m1/s1. The fraction of sp³-hybridized carbons (Fsp3) is 1.00. The van der Waals surface area contributed by atoms with E-state index in [4.69, 9.17) is 0 Å². The van der Waals surface area contributed by atoms with Crippen LogP contribution in [0.15, 0.2) is 0 Å². The second kappa shape index (κ2) is 3.37. The summed E-state index contributed by atoms with van der Waals surface area (Å²) in [6, 6.07) is 0. The first-order chi connectivity index (χ1) is 5.81. The maximum atomic E-state index is 9.56. The Morgan fingerprint density at radius 2 is 2.00 bits per heavy atom. The quantitative estimate of drug-likeness (QED) is 0.686. The summed E-state index contributed by atoms with van der Waals surface area (Å²) in [5.74, 6) is 2.53. The van der Waals surface area contributed by atoms with Crippen LogP contribution in [-0.4, -0.2) is 11.2 Å². The predicted octanol–water partition coefficient (Wildman–Crippen LogP) is 2.58. The van der Waals surface area contributed by atoms with E-state index in [9.17, 15) is 5.11 Å². The molecular formula is C11H20O. The van der Waals surface area contributed by atoms with Crippen LogP contribution in [0.3, 0.4) is 0 Å². The van der Waals surface area contributed by atoms with Gasteiger partial charge in [0.15, 0.2) is 0 Å². The summed E-state index contributed by atoms with van der Waals surface area (Å²) in [6.07, 6.45) is 7.97. The third-order valence-corrected chi connectivity index (χ3v) is 3.89. The number of hydrogen-bond acceptors (Lipinski definition) is 1. The molecule has 2 fully saturated rings. The average Bonchev–Trinajstić information content (AvgIpc) is 2.58. The van der Waals surface area contributed by atoms with Gasteiger partial charge in [-0.05, 0) is 37.0 Å². The summed E-state index contributed by atoms with van der Waals surface area (Å²) < 4.78 is 0. The number of aliphatic hydroxyl groups excluding tert-OH is 1. The van der Waals surface area contributed by atoms with Gasteiger partial charge in [0.1, 0.15) is 0 Å². The first kappa shape index (κ1) is 8.55. The second-order valence-corrected chi connectivity index (χ2v) is 4.70. The molecule has 0 radical (unpaired) electrons. The Morgan fingerprint density at radius 1 is 1.17 bits per heavy atom. The van der Waals surface area contributed by atoms with Crippen molar-refractivity contribution in [2.45, 2.75) is 51.6 Å². The molecule has 70 valence electrons. The van der Waals surface area contributed by atoms with Gasteiger partial charge in [-0.1, -0.05) is 26.2 Å². The molecule has 2 saturated carbocycles. The van der Waals surface area contributed by atoms with Crippen molar-refractivity contribution in [3.8, 4) is 0 Å². The molecule has 12 heavy (non-hydrogen) atoms. The molecule has 0 unspecified atom stereocenters. The fourth-order valence-electron chi connectivity index (χ4n) is 3.18. The molecule has 0 spiro atoms. The fourth-order valence-corrected chi connectivity index (χ4v) is 3.18. The van der Waals surface area contributed by atoms with E-state index in [1.165, 1.54) is 32.1 Å². The minimum atomic E-state index is 0.0628. The minimum absolute atomic E-state index is 0.0628. The van der Waals surface area contributed by atoms with Gasteiger partial charge < -0.3 is 5.11 Å². The van der Waals surface area contributed by atoms with Crippen LogP contribution in [-0.2, 0) is 0 Å². The summed E-state index contributed by atoms with van der Waals surface area (Å²) >= 11 is 0. The van der Waals surface area contributed by atoms with Crippen molar-refractivity contribution in [3.05, 3.63) is 0 Å². The normalized spacial score (nSPS) is 45.5. The Hall–Kier alpha value is -0.0400. The van der Waals surface area contributed by atoms with Crippen LogP contribution >= 0.6 is 0 Å². The largest absolute Gasteiger partial charge is 0.393 e. The lowest BCUT2D eigenvalue weighted by Crippen LogP contribution is -2.21. The minimum Gasteiger partial charge on any atom is -0.393 e. The highest BCUT2D eigenvalue weighted by Gasteiger charge is 2.44. The molecule has 0 aromatic heterocycles. The molecule has 0 amide bonds. The maximum Gasteiger partial charge on any atom is 0.0571 e. The Kier molecular flexibility index (Phi) is 2.40. The molecule has 4 atom stereocenters. The van der Waals surface area contributed by atoms with Crippen molar-refractivity contribution < 1.29 is 5.11 Å². The number of fused-ring (bicyclic) bond motifs is 2. The highest BCUT2D eigenvalue weighted by Crippen LogP contribution is 2.50. The van der Waals surface area contributed by atoms with Crippen molar-refractivity contribution in [1.29, 1.82) is 0 Å². The van der Waals surface area contributed by atoms with Gasteiger partial charge in [-0.2, -0.15) is 0 Å². The molecule has 1 heteroatoms. The molecular weight excluding hydrogens is 148 g/mol. The zero-order valence-electron chi connectivity index (χ0n) is 8.00. The van der Waals surface area contributed by atoms with Crippen molar-refractivity contribution in [2.24, 2.45) is 17.8 Å². The van der Waals surface area contributed by atoms with E-state index in [-0.39, 0.29) is 6.10 Å². The van der Waals surface area contributed by atoms with Gasteiger partial charge in [0.25, 0.3) is 0 Å². The van der Waals surface area contributed by atoms with Gasteiger partial charge >= 0.3 is 0 Å². The van der Waals surface area contributed by atoms with Crippen LogP contribution in [0.1, 0.15) is 45.4 Å². The smallest absolute Gasteiger partial charge is 0.0571 e. The summed E-state index contributed by atoms with van der Waals surface area (Å²) in [5.41, 5.74) is 0. The number of unbranched alkanes of at least 4 members (excludes halogenated alkanes) is 1. The van der Waals surface area contributed by atoms with Crippen molar-refractivity contribution in [1.82, 2.24) is 0 Å². The first-order valence-electron chi connectivity index (χ1n) is 5.49. The maximum absolute atomic E-state index is 9.56. The topological polar surface area (TPSA) is 20.2 Å². The first-order valence-corrected chi connectivity index (χ1v) is 5.49. The van der Waals surface area contributed by atoms with Crippen LogP contribution in [0.2, 0.25) is 0 Å². The predicted molar refractivity (Wildman–Crippen MR) is 49.9 cm³/mol. The van der Waals surface area contributed by atoms with Crippen molar-refractivity contribution >= 4 is 0 Å². The molecule has 0 aromatic rings. The Labute approximate surface area is 75.2 Å². The average molecular weight is 168 g/mol. The van der Waals surface area contributed by atoms with E-state index in [1.54, 1.807) is 0 Å². The van der Waals surface area contributed by atoms with Crippen molar-refractivity contribution in [3.63, 3.8) is 0 Å². The Balaban J connectivity index is 1.82. The van der Waals surface area contributed by atoms with Crippen LogP contribution in [0, 0.1) is 17.8 Å². The van der Waals surface area contributed by atoms with E-state index >= 15 is 0 Å². The highest BCUT2D eigenvalue weighted by molar-refractivity contribution is 4.94. The molecule has 0 aliphatic heterocycles. The van der Waals surface area contributed by atoms with E-state index in [2.05, 4.69) is 6.92 Å². The summed E-state index contributed by atoms with van der Waals surface area (Å²) in [7, 11) is 0. The van der Waals surface area contributed by atoms with E-state index in [0.717, 1.165) is 18.3 Å². The zero-order chi connectivity index (χ0) is 8.55. The van der Waals surface area contributed by atoms with Crippen LogP contribution in [0.25, 0.3) is 0 Å². The summed E-state index contributed by atoms with van der Waals surface area (Å²) in [6.45, 7) is 2.27. The molecule has 0 heterocycles. The lowest BCUT2D eigenvalue weighted by Gasteiger charge is -2.24. The number of aliphatic hydroxyl groups is 1. The van der Waals surface area contributed by atoms with E-state index < -0.39 is 0 Å². The molecule has 2 bridgehead atoms. The molecule has 0 saturated heterocycles. The lowest BCUT2D eigenvalue weighted by atomic mass is 9.84. The van der Waals surface area contributed by atoms with Crippen LogP contribution < -0.4 is 0 Å². The monoisotopic (exact) mass is 168 g/mol. The van der Waals surface area contributed by atoms with Gasteiger partial charge in [-0.3, -0.25) is 0 Å². The molecule has 1 N–H and O–H groups in total. The van der Waals surface area contributed by atoms with Crippen molar-refractivity contribution in [2.75, 3.05) is 0 Å². The lowest BCUT2D eigenvalue weighted by molar-refractivity contribution is 0.0927. The molecule has 2 aliphatic rings. The van der Waals surface area contributed by atoms with E-state index in [0.29, 0.717) is 5.92 Å². The van der Waals surface area contributed by atoms with Gasteiger partial charge in [0, 0.05) is 0 Å². The summed E-state index contributed by atoms with van der Waals surface area (Å²) in [4.78, 5) is 0. The molecule has 2 rings (SSSR count). The third-order valence-electron chi connectivity index (χ3n) is 3.89. The van der Waals surface area contributed by atoms with E-state index in [1.807, 2.05) is 0 Å². The third kappa shape index (κ3) is 1.39. The van der Waals surface area contributed by atoms with Crippen LogP contribution in [0.4, 0.5) is 0 Å². The van der Waals surface area contributed by atoms with Gasteiger partial charge in [0.05, 0.1) is 6.10 Å². The van der Waals surface area contributed by atoms with Gasteiger partial charge in [0.2, 0.25) is 0 Å². The summed E-state index contributed by atoms with van der Waals surface area (Å²) in [5, 5.41) is 9.56. The SMILES string of the molecule is CCCC[C@@H]1C[C@@H]2C[C@H]1C[C@H]2O. The number of rotatable bonds is 3. The second-order valence-electron chi connectivity index (χ2n) is 4.70. The molecule has 0 aromatic carbocycles. The molecule has 1 nitrogen and oxygen atoms in total.